The van der Waals surface area contributed by atoms with Crippen molar-refractivity contribution in [2.45, 2.75) is 6.54 Å². The molecule has 11 heteroatoms. The summed E-state index contributed by atoms with van der Waals surface area (Å²) in [6, 6.07) is 13.1. The van der Waals surface area contributed by atoms with Gasteiger partial charge in [0.1, 0.15) is 0 Å². The van der Waals surface area contributed by atoms with Crippen LogP contribution in [0.2, 0.25) is 5.02 Å². The number of hydrogen-bond donors (Lipinski definition) is 1. The fraction of sp³-hybridized carbons (Fsp3) is 0.111. The molecule has 1 N–H and O–H groups in total. The number of benzene rings is 2. The quantitative estimate of drug-likeness (QED) is 0.356. The molecule has 0 spiro atoms. The number of aromatic nitrogens is 3. The zero-order chi connectivity index (χ0) is 20.8. The highest BCUT2D eigenvalue weighted by Gasteiger charge is 2.16. The number of esters is 1. The van der Waals surface area contributed by atoms with Crippen LogP contribution in [0.25, 0.3) is 0 Å². The molecule has 2 aromatic carbocycles. The molecule has 0 saturated carbocycles. The molecule has 3 aromatic rings. The van der Waals surface area contributed by atoms with E-state index in [0.717, 1.165) is 11.6 Å². The van der Waals surface area contributed by atoms with E-state index in [1.165, 1.54) is 23.0 Å². The summed E-state index contributed by atoms with van der Waals surface area (Å²) < 4.78 is 6.37. The topological polar surface area (TPSA) is 129 Å². The SMILES string of the molecule is O=C(COC(=O)c1cn(Cc2ccccc2)nn1)Nc1cc([N+](=O)[O-])ccc1Cl. The van der Waals surface area contributed by atoms with E-state index < -0.39 is 23.4 Å². The van der Waals surface area contributed by atoms with Crippen LogP contribution in [0.4, 0.5) is 11.4 Å². The van der Waals surface area contributed by atoms with Crippen molar-refractivity contribution in [1.29, 1.82) is 0 Å². The van der Waals surface area contributed by atoms with Gasteiger partial charge in [-0.05, 0) is 11.6 Å². The summed E-state index contributed by atoms with van der Waals surface area (Å²) in [6.45, 7) is -0.198. The molecule has 1 heterocycles. The van der Waals surface area contributed by atoms with Crippen LogP contribution in [0.1, 0.15) is 16.1 Å². The average Bonchev–Trinajstić information content (AvgIpc) is 3.17. The van der Waals surface area contributed by atoms with Gasteiger partial charge in [0.05, 0.1) is 28.4 Å². The van der Waals surface area contributed by atoms with E-state index in [0.29, 0.717) is 6.54 Å². The van der Waals surface area contributed by atoms with E-state index in [9.17, 15) is 19.7 Å². The Bertz CT molecular complexity index is 1050. The van der Waals surface area contributed by atoms with E-state index >= 15 is 0 Å². The van der Waals surface area contributed by atoms with Crippen LogP contribution in [-0.2, 0) is 16.1 Å². The molecule has 0 aliphatic rings. The number of halogens is 1. The van der Waals surface area contributed by atoms with E-state index in [2.05, 4.69) is 15.6 Å². The first-order chi connectivity index (χ1) is 13.9. The zero-order valence-corrected chi connectivity index (χ0v) is 15.6. The van der Waals surface area contributed by atoms with Gasteiger partial charge >= 0.3 is 5.97 Å². The Balaban J connectivity index is 1.55. The summed E-state index contributed by atoms with van der Waals surface area (Å²) in [6.07, 6.45) is 1.41. The summed E-state index contributed by atoms with van der Waals surface area (Å²) in [7, 11) is 0. The number of ether oxygens (including phenoxy) is 1. The predicted octanol–water partition coefficient (Wildman–Crippen LogP) is 2.68. The van der Waals surface area contributed by atoms with Gasteiger partial charge in [-0.3, -0.25) is 14.9 Å². The number of amides is 1. The maximum atomic E-state index is 12.0. The number of nitrogens with zero attached hydrogens (tertiary/aromatic N) is 4. The second-order valence-corrected chi connectivity index (χ2v) is 6.24. The summed E-state index contributed by atoms with van der Waals surface area (Å²) in [5.74, 6) is -1.54. The van der Waals surface area contributed by atoms with Gasteiger partial charge in [-0.25, -0.2) is 9.48 Å². The van der Waals surface area contributed by atoms with Gasteiger partial charge in [0, 0.05) is 12.1 Å². The highest BCUT2D eigenvalue weighted by molar-refractivity contribution is 6.33. The van der Waals surface area contributed by atoms with Crippen molar-refractivity contribution >= 4 is 34.9 Å². The lowest BCUT2D eigenvalue weighted by Crippen LogP contribution is -2.21. The van der Waals surface area contributed by atoms with Gasteiger partial charge < -0.3 is 10.1 Å². The summed E-state index contributed by atoms with van der Waals surface area (Å²) >= 11 is 5.91. The van der Waals surface area contributed by atoms with Crippen LogP contribution in [0, 0.1) is 10.1 Å². The third-order valence-corrected chi connectivity index (χ3v) is 4.03. The summed E-state index contributed by atoms with van der Waals surface area (Å²) in [4.78, 5) is 34.2. The van der Waals surface area contributed by atoms with Crippen molar-refractivity contribution < 1.29 is 19.2 Å². The van der Waals surface area contributed by atoms with Gasteiger partial charge in [-0.2, -0.15) is 0 Å². The minimum atomic E-state index is -0.829. The van der Waals surface area contributed by atoms with E-state index in [1.807, 2.05) is 30.3 Å². The second-order valence-electron chi connectivity index (χ2n) is 5.83. The van der Waals surface area contributed by atoms with Gasteiger partial charge in [-0.15, -0.1) is 5.10 Å². The minimum Gasteiger partial charge on any atom is -0.451 e. The predicted molar refractivity (Wildman–Crippen MR) is 103 cm³/mol. The summed E-state index contributed by atoms with van der Waals surface area (Å²) in [5.41, 5.74) is 0.722. The molecule has 0 bridgehead atoms. The highest BCUT2D eigenvalue weighted by Crippen LogP contribution is 2.26. The Morgan fingerprint density at radius 2 is 1.97 bits per heavy atom. The molecule has 148 valence electrons. The van der Waals surface area contributed by atoms with Crippen LogP contribution < -0.4 is 5.32 Å². The molecule has 0 unspecified atom stereocenters. The molecule has 0 aliphatic carbocycles. The number of carbonyl (C=O) groups excluding carboxylic acids is 2. The number of nitro benzene ring substituents is 1. The molecule has 0 atom stereocenters. The minimum absolute atomic E-state index is 0.0377. The number of nitro groups is 1. The highest BCUT2D eigenvalue weighted by atomic mass is 35.5. The lowest BCUT2D eigenvalue weighted by atomic mass is 10.2. The normalized spacial score (nSPS) is 10.4. The number of non-ortho nitro benzene ring substituents is 1. The molecule has 1 aromatic heterocycles. The Morgan fingerprint density at radius 1 is 1.21 bits per heavy atom. The lowest BCUT2D eigenvalue weighted by molar-refractivity contribution is -0.384. The first kappa shape index (κ1) is 20.0. The third-order valence-electron chi connectivity index (χ3n) is 3.70. The van der Waals surface area contributed by atoms with Gasteiger partial charge in [0.15, 0.2) is 12.3 Å². The van der Waals surface area contributed by atoms with Crippen LogP contribution in [0.15, 0.2) is 54.7 Å². The smallest absolute Gasteiger partial charge is 0.361 e. The first-order valence-electron chi connectivity index (χ1n) is 8.27. The molecule has 10 nitrogen and oxygen atoms in total. The Hall–Kier alpha value is -3.79. The van der Waals surface area contributed by atoms with Crippen LogP contribution in [0.3, 0.4) is 0 Å². The molecule has 0 saturated heterocycles. The van der Waals surface area contributed by atoms with E-state index in [1.54, 1.807) is 0 Å². The Kier molecular flexibility index (Phi) is 6.15. The van der Waals surface area contributed by atoms with Crippen molar-refractivity contribution in [3.05, 3.63) is 81.1 Å². The maximum absolute atomic E-state index is 12.0. The number of rotatable bonds is 7. The van der Waals surface area contributed by atoms with Crippen LogP contribution in [0.5, 0.6) is 0 Å². The molecule has 0 aliphatic heterocycles. The first-order valence-corrected chi connectivity index (χ1v) is 8.65. The lowest BCUT2D eigenvalue weighted by Gasteiger charge is -2.07. The summed E-state index contributed by atoms with van der Waals surface area (Å²) in [5, 5.41) is 20.9. The van der Waals surface area contributed by atoms with Crippen LogP contribution in [-0.4, -0.2) is 38.4 Å². The number of anilines is 1. The third kappa shape index (κ3) is 5.36. The van der Waals surface area contributed by atoms with Gasteiger partial charge in [0.25, 0.3) is 11.6 Å². The standard InChI is InChI=1S/C18H14ClN5O5/c19-14-7-6-13(24(27)28)8-15(14)20-17(25)11-29-18(26)16-10-23(22-21-16)9-12-4-2-1-3-5-12/h1-8,10H,9,11H2,(H,20,25). The van der Waals surface area contributed by atoms with E-state index in [-0.39, 0.29) is 22.1 Å². The molecular weight excluding hydrogens is 402 g/mol. The fourth-order valence-corrected chi connectivity index (χ4v) is 2.52. The second kappa shape index (κ2) is 8.93. The van der Waals surface area contributed by atoms with Crippen LogP contribution >= 0.6 is 11.6 Å². The molecule has 0 fully saturated rings. The maximum Gasteiger partial charge on any atom is 0.361 e. The van der Waals surface area contributed by atoms with Crippen molar-refractivity contribution in [1.82, 2.24) is 15.0 Å². The molecule has 1 amide bonds. The molecular formula is C18H14ClN5O5. The van der Waals surface area contributed by atoms with E-state index in [4.69, 9.17) is 16.3 Å². The largest absolute Gasteiger partial charge is 0.451 e. The Morgan fingerprint density at radius 3 is 2.69 bits per heavy atom. The monoisotopic (exact) mass is 415 g/mol. The number of hydrogen-bond acceptors (Lipinski definition) is 7. The molecule has 29 heavy (non-hydrogen) atoms. The molecule has 3 rings (SSSR count). The Labute approximate surface area is 169 Å². The number of carbonyl (C=O) groups is 2. The molecule has 0 radical (unpaired) electrons. The fourth-order valence-electron chi connectivity index (χ4n) is 2.35. The van der Waals surface area contributed by atoms with Crippen molar-refractivity contribution in [2.75, 3.05) is 11.9 Å². The van der Waals surface area contributed by atoms with Crippen molar-refractivity contribution in [3.8, 4) is 0 Å². The van der Waals surface area contributed by atoms with Crippen molar-refractivity contribution in [2.24, 2.45) is 0 Å². The average molecular weight is 416 g/mol. The zero-order valence-electron chi connectivity index (χ0n) is 14.8. The number of nitrogens with one attached hydrogen (secondary N) is 1. The van der Waals surface area contributed by atoms with Gasteiger partial charge in [-0.1, -0.05) is 47.1 Å². The van der Waals surface area contributed by atoms with Gasteiger partial charge in [0.2, 0.25) is 0 Å². The van der Waals surface area contributed by atoms with Crippen molar-refractivity contribution in [3.63, 3.8) is 0 Å².